The second kappa shape index (κ2) is 17.2. The Morgan fingerprint density at radius 1 is 0.957 bits per heavy atom. The zero-order chi connectivity index (χ0) is 33.8. The molecule has 3 heterocycles. The van der Waals surface area contributed by atoms with Gasteiger partial charge in [-0.05, 0) is 31.2 Å². The third-order valence-electron chi connectivity index (χ3n) is 7.54. The smallest absolute Gasteiger partial charge is 0.274 e. The third-order valence-corrected chi connectivity index (χ3v) is 7.54. The number of carbonyl (C=O) groups is 4. The van der Waals surface area contributed by atoms with Crippen molar-refractivity contribution in [3.05, 3.63) is 71.4 Å². The molecule has 0 unspecified atom stereocenters. The largest absolute Gasteiger partial charge is 0.359 e. The van der Waals surface area contributed by atoms with E-state index in [2.05, 4.69) is 48.6 Å². The van der Waals surface area contributed by atoms with Gasteiger partial charge < -0.3 is 31.1 Å². The SMILES string of the molecule is CCCNc1ncc(CN2CCNC(=O)[C@@H](Cc3ccccc3)NC(=O)[C@@H](CC(C)C)NC(=O)[C@@H](C)NC(=O)c3cc(on3)C2)cn1. The average molecular weight is 648 g/mol. The molecule has 0 saturated heterocycles. The van der Waals surface area contributed by atoms with E-state index in [0.29, 0.717) is 31.2 Å². The van der Waals surface area contributed by atoms with E-state index < -0.39 is 35.8 Å². The van der Waals surface area contributed by atoms with Gasteiger partial charge in [0, 0.05) is 56.6 Å². The van der Waals surface area contributed by atoms with Crippen LogP contribution in [0.25, 0.3) is 0 Å². The van der Waals surface area contributed by atoms with Crippen LogP contribution < -0.4 is 26.6 Å². The Labute approximate surface area is 274 Å². The first kappa shape index (κ1) is 35.0. The molecule has 1 aliphatic heterocycles. The number of hydrogen-bond donors (Lipinski definition) is 5. The molecule has 3 atom stereocenters. The molecule has 0 aliphatic carbocycles. The fraction of sp³-hybridized carbons (Fsp3) is 0.485. The fourth-order valence-electron chi connectivity index (χ4n) is 5.08. The van der Waals surface area contributed by atoms with Gasteiger partial charge in [0.25, 0.3) is 5.91 Å². The molecule has 252 valence electrons. The Kier molecular flexibility index (Phi) is 12.8. The molecular formula is C33H45N9O5. The van der Waals surface area contributed by atoms with Crippen LogP contribution in [0.5, 0.6) is 0 Å². The summed E-state index contributed by atoms with van der Waals surface area (Å²) in [5.74, 6) is -0.940. The number of hydrogen-bond acceptors (Lipinski definition) is 10. The second-order valence-corrected chi connectivity index (χ2v) is 12.2. The Balaban J connectivity index is 1.59. The summed E-state index contributed by atoms with van der Waals surface area (Å²) in [6.45, 7) is 9.55. The van der Waals surface area contributed by atoms with Crippen molar-refractivity contribution in [2.24, 2.45) is 5.92 Å². The number of anilines is 1. The third kappa shape index (κ3) is 10.9. The predicted octanol–water partition coefficient (Wildman–Crippen LogP) is 1.80. The lowest BCUT2D eigenvalue weighted by Crippen LogP contribution is -2.57. The van der Waals surface area contributed by atoms with E-state index in [4.69, 9.17) is 4.52 Å². The Morgan fingerprint density at radius 3 is 2.38 bits per heavy atom. The van der Waals surface area contributed by atoms with Crippen molar-refractivity contribution in [2.45, 2.75) is 78.2 Å². The first-order valence-electron chi connectivity index (χ1n) is 16.1. The summed E-state index contributed by atoms with van der Waals surface area (Å²) in [4.78, 5) is 64.1. The van der Waals surface area contributed by atoms with Crippen molar-refractivity contribution >= 4 is 29.6 Å². The first-order valence-corrected chi connectivity index (χ1v) is 16.1. The van der Waals surface area contributed by atoms with Crippen molar-refractivity contribution < 1.29 is 23.7 Å². The van der Waals surface area contributed by atoms with Crippen LogP contribution in [0.3, 0.4) is 0 Å². The van der Waals surface area contributed by atoms with Crippen LogP contribution in [0.4, 0.5) is 5.95 Å². The molecule has 1 aliphatic rings. The summed E-state index contributed by atoms with van der Waals surface area (Å²) in [7, 11) is 0. The van der Waals surface area contributed by atoms with E-state index in [0.717, 1.165) is 24.1 Å². The maximum absolute atomic E-state index is 13.6. The van der Waals surface area contributed by atoms with Crippen LogP contribution >= 0.6 is 0 Å². The molecular weight excluding hydrogens is 602 g/mol. The maximum atomic E-state index is 13.6. The van der Waals surface area contributed by atoms with Gasteiger partial charge in [-0.2, -0.15) is 0 Å². The zero-order valence-corrected chi connectivity index (χ0v) is 27.4. The number of nitrogens with one attached hydrogen (secondary N) is 5. The molecule has 5 N–H and O–H groups in total. The van der Waals surface area contributed by atoms with Gasteiger partial charge in [-0.3, -0.25) is 24.1 Å². The Bertz CT molecular complexity index is 1480. The van der Waals surface area contributed by atoms with Crippen LogP contribution in [0, 0.1) is 5.92 Å². The molecule has 2 aromatic heterocycles. The maximum Gasteiger partial charge on any atom is 0.274 e. The van der Waals surface area contributed by atoms with Crippen LogP contribution in [0.15, 0.2) is 53.3 Å². The lowest BCUT2D eigenvalue weighted by atomic mass is 10.0. The van der Waals surface area contributed by atoms with Crippen LogP contribution in [-0.4, -0.2) is 81.4 Å². The molecule has 4 rings (SSSR count). The summed E-state index contributed by atoms with van der Waals surface area (Å²) in [6.07, 6.45) is 5.01. The van der Waals surface area contributed by atoms with Gasteiger partial charge >= 0.3 is 0 Å². The summed E-state index contributed by atoms with van der Waals surface area (Å²) in [5.41, 5.74) is 1.72. The average Bonchev–Trinajstić information content (AvgIpc) is 3.52. The zero-order valence-electron chi connectivity index (χ0n) is 27.4. The van der Waals surface area contributed by atoms with Gasteiger partial charge in [-0.25, -0.2) is 9.97 Å². The molecule has 4 amide bonds. The van der Waals surface area contributed by atoms with E-state index in [1.165, 1.54) is 13.0 Å². The molecule has 14 nitrogen and oxygen atoms in total. The van der Waals surface area contributed by atoms with Gasteiger partial charge in [0.1, 0.15) is 18.1 Å². The highest BCUT2D eigenvalue weighted by Crippen LogP contribution is 2.13. The van der Waals surface area contributed by atoms with E-state index >= 15 is 0 Å². The number of benzene rings is 1. The Hall–Kier alpha value is -4.85. The molecule has 0 spiro atoms. The minimum Gasteiger partial charge on any atom is -0.359 e. The molecule has 1 aromatic carbocycles. The van der Waals surface area contributed by atoms with Gasteiger partial charge in [0.15, 0.2) is 11.5 Å². The molecule has 3 aromatic rings. The van der Waals surface area contributed by atoms with Gasteiger partial charge in [-0.1, -0.05) is 56.3 Å². The number of fused-ring (bicyclic) bond motifs is 2. The molecule has 47 heavy (non-hydrogen) atoms. The monoisotopic (exact) mass is 647 g/mol. The van der Waals surface area contributed by atoms with E-state index in [-0.39, 0.29) is 37.0 Å². The highest BCUT2D eigenvalue weighted by atomic mass is 16.5. The van der Waals surface area contributed by atoms with Crippen LogP contribution in [0.1, 0.15) is 67.9 Å². The van der Waals surface area contributed by atoms with Crippen molar-refractivity contribution in [3.63, 3.8) is 0 Å². The van der Waals surface area contributed by atoms with Crippen molar-refractivity contribution in [1.82, 2.24) is 41.3 Å². The summed E-state index contributed by atoms with van der Waals surface area (Å²) in [5, 5.41) is 18.3. The number of aromatic nitrogens is 3. The first-order chi connectivity index (χ1) is 22.6. The lowest BCUT2D eigenvalue weighted by Gasteiger charge is -2.26. The fourth-order valence-corrected chi connectivity index (χ4v) is 5.08. The number of rotatable bonds is 9. The van der Waals surface area contributed by atoms with E-state index in [1.54, 1.807) is 12.4 Å². The standard InChI is InChI=1S/C33H45N9O5/c1-5-11-35-33-36-17-24(18-37-33)19-42-13-12-34-30(44)27(15-23-9-7-6-8-10-23)40-31(45)26(14-21(2)3)39-29(43)22(4)38-32(46)28-16-25(20-42)47-41-28/h6-10,16-18,21-22,26-27H,5,11-15,19-20H2,1-4H3,(H,34,44)(H,38,46)(H,39,43)(H,40,45)(H,35,36,37)/t22-,26-,27-/m1/s1. The molecule has 0 saturated carbocycles. The highest BCUT2D eigenvalue weighted by molar-refractivity contribution is 5.97. The lowest BCUT2D eigenvalue weighted by molar-refractivity contribution is -0.132. The quantitative estimate of drug-likeness (QED) is 0.230. The normalized spacial score (nSPS) is 20.4. The molecule has 0 fully saturated rings. The molecule has 2 bridgehead atoms. The highest BCUT2D eigenvalue weighted by Gasteiger charge is 2.30. The van der Waals surface area contributed by atoms with Gasteiger partial charge in [-0.15, -0.1) is 0 Å². The summed E-state index contributed by atoms with van der Waals surface area (Å²) in [6, 6.07) is 8.13. The Morgan fingerprint density at radius 2 is 1.68 bits per heavy atom. The van der Waals surface area contributed by atoms with E-state index in [1.807, 2.05) is 49.1 Å². The summed E-state index contributed by atoms with van der Waals surface area (Å²) >= 11 is 0. The minimum atomic E-state index is -0.973. The van der Waals surface area contributed by atoms with Gasteiger partial charge in [0.2, 0.25) is 23.7 Å². The van der Waals surface area contributed by atoms with Crippen LogP contribution in [-0.2, 0) is 33.9 Å². The van der Waals surface area contributed by atoms with E-state index in [9.17, 15) is 19.2 Å². The minimum absolute atomic E-state index is 0.0175. The topological polar surface area (TPSA) is 183 Å². The predicted molar refractivity (Wildman–Crippen MR) is 175 cm³/mol. The van der Waals surface area contributed by atoms with Crippen molar-refractivity contribution in [2.75, 3.05) is 25.0 Å². The summed E-state index contributed by atoms with van der Waals surface area (Å²) < 4.78 is 5.49. The van der Waals surface area contributed by atoms with Gasteiger partial charge in [0.05, 0.1) is 6.54 Å². The van der Waals surface area contributed by atoms with Crippen LogP contribution in [0.2, 0.25) is 0 Å². The molecule has 14 heteroatoms. The van der Waals surface area contributed by atoms with Crippen molar-refractivity contribution in [1.29, 1.82) is 0 Å². The number of nitrogens with zero attached hydrogens (tertiary/aromatic N) is 4. The number of amides is 4. The van der Waals surface area contributed by atoms with Crippen molar-refractivity contribution in [3.8, 4) is 0 Å². The second-order valence-electron chi connectivity index (χ2n) is 12.2. The molecule has 0 radical (unpaired) electrons. The number of carbonyl (C=O) groups excluding carboxylic acids is 4.